The quantitative estimate of drug-likeness (QED) is 0.386. The van der Waals surface area contributed by atoms with Crippen molar-refractivity contribution in [2.24, 2.45) is 23.7 Å². The molecule has 0 spiro atoms. The average molecular weight is 330 g/mol. The molecule has 2 atom stereocenters. The lowest BCUT2D eigenvalue weighted by Gasteiger charge is -2.22. The highest BCUT2D eigenvalue weighted by molar-refractivity contribution is 5.93. The van der Waals surface area contributed by atoms with E-state index in [1.165, 1.54) is 0 Å². The second-order valence-corrected chi connectivity index (χ2v) is 6.18. The molecule has 1 saturated carbocycles. The number of rotatable bonds is 8. The molecule has 2 unspecified atom stereocenters. The summed E-state index contributed by atoms with van der Waals surface area (Å²) in [5.74, 6) is -8.79. The van der Waals surface area contributed by atoms with Crippen LogP contribution in [0, 0.1) is 23.7 Å². The van der Waals surface area contributed by atoms with Gasteiger partial charge in [0.2, 0.25) is 0 Å². The summed E-state index contributed by atoms with van der Waals surface area (Å²) >= 11 is 0. The first kappa shape index (κ1) is 18.9. The van der Waals surface area contributed by atoms with Gasteiger partial charge in [-0.25, -0.2) is 0 Å². The summed E-state index contributed by atoms with van der Waals surface area (Å²) in [4.78, 5) is 44.0. The van der Waals surface area contributed by atoms with Gasteiger partial charge < -0.3 is 20.4 Å². The molecule has 0 radical (unpaired) electrons. The van der Waals surface area contributed by atoms with Crippen LogP contribution >= 0.6 is 0 Å². The van der Waals surface area contributed by atoms with Crippen molar-refractivity contribution in [2.75, 3.05) is 0 Å². The van der Waals surface area contributed by atoms with Gasteiger partial charge in [-0.05, 0) is 31.1 Å². The maximum atomic E-state index is 11.0. The van der Waals surface area contributed by atoms with Crippen LogP contribution in [0.4, 0.5) is 0 Å². The molecule has 1 aliphatic rings. The number of hydrogen-bond donors (Lipinski definition) is 4. The molecule has 0 aromatic heterocycles. The van der Waals surface area contributed by atoms with Gasteiger partial charge in [-0.3, -0.25) is 19.2 Å². The predicted molar refractivity (Wildman–Crippen MR) is 76.8 cm³/mol. The summed E-state index contributed by atoms with van der Waals surface area (Å²) in [6.07, 6.45) is 3.42. The van der Waals surface area contributed by atoms with E-state index in [0.29, 0.717) is 19.3 Å². The van der Waals surface area contributed by atoms with Crippen LogP contribution in [0.2, 0.25) is 0 Å². The van der Waals surface area contributed by atoms with Gasteiger partial charge in [0.15, 0.2) is 11.8 Å². The van der Waals surface area contributed by atoms with Gasteiger partial charge in [0.1, 0.15) is 0 Å². The van der Waals surface area contributed by atoms with Crippen molar-refractivity contribution < 1.29 is 39.6 Å². The minimum absolute atomic E-state index is 0.00796. The SMILES string of the molecule is O=C(O)C(CC1CCCCC(CC(C(=O)O)C(=O)O)C1)C(=O)O. The molecule has 4 N–H and O–H groups in total. The van der Waals surface area contributed by atoms with Crippen LogP contribution in [-0.2, 0) is 19.2 Å². The highest BCUT2D eigenvalue weighted by atomic mass is 16.4. The maximum absolute atomic E-state index is 11.0. The van der Waals surface area contributed by atoms with E-state index < -0.39 is 35.7 Å². The van der Waals surface area contributed by atoms with Gasteiger partial charge >= 0.3 is 23.9 Å². The Bertz CT molecular complexity index is 402. The zero-order chi connectivity index (χ0) is 17.6. The van der Waals surface area contributed by atoms with Crippen molar-refractivity contribution in [2.45, 2.75) is 44.9 Å². The van der Waals surface area contributed by atoms with E-state index in [1.807, 2.05) is 0 Å². The number of carboxylic acid groups (broad SMARTS) is 4. The Morgan fingerprint density at radius 3 is 1.26 bits per heavy atom. The Morgan fingerprint density at radius 2 is 1.00 bits per heavy atom. The average Bonchev–Trinajstić information content (AvgIpc) is 2.65. The van der Waals surface area contributed by atoms with Crippen molar-refractivity contribution in [3.8, 4) is 0 Å². The van der Waals surface area contributed by atoms with Crippen molar-refractivity contribution in [3.05, 3.63) is 0 Å². The zero-order valence-corrected chi connectivity index (χ0v) is 12.7. The number of carbonyl (C=O) groups is 4. The van der Waals surface area contributed by atoms with Crippen molar-refractivity contribution in [1.82, 2.24) is 0 Å². The van der Waals surface area contributed by atoms with Gasteiger partial charge in [0, 0.05) is 0 Å². The molecule has 0 bridgehead atoms. The van der Waals surface area contributed by atoms with Crippen LogP contribution < -0.4 is 0 Å². The van der Waals surface area contributed by atoms with E-state index in [4.69, 9.17) is 20.4 Å². The van der Waals surface area contributed by atoms with Gasteiger partial charge in [0.25, 0.3) is 0 Å². The molecule has 1 aliphatic carbocycles. The van der Waals surface area contributed by atoms with E-state index in [-0.39, 0.29) is 24.7 Å². The molecule has 8 heteroatoms. The Kier molecular flexibility index (Phi) is 6.99. The molecule has 23 heavy (non-hydrogen) atoms. The van der Waals surface area contributed by atoms with Crippen LogP contribution in [-0.4, -0.2) is 44.3 Å². The molecular formula is C15H22O8. The molecule has 130 valence electrons. The summed E-state index contributed by atoms with van der Waals surface area (Å²) in [7, 11) is 0. The Morgan fingerprint density at radius 1 is 0.696 bits per heavy atom. The molecule has 1 fully saturated rings. The van der Waals surface area contributed by atoms with E-state index >= 15 is 0 Å². The topological polar surface area (TPSA) is 149 Å². The van der Waals surface area contributed by atoms with Crippen molar-refractivity contribution in [3.63, 3.8) is 0 Å². The third kappa shape index (κ3) is 5.88. The normalized spacial score (nSPS) is 21.8. The second kappa shape index (κ2) is 8.50. The maximum Gasteiger partial charge on any atom is 0.317 e. The van der Waals surface area contributed by atoms with Crippen LogP contribution in [0.1, 0.15) is 44.9 Å². The highest BCUT2D eigenvalue weighted by Crippen LogP contribution is 2.35. The molecule has 0 saturated heterocycles. The fraction of sp³-hybridized carbons (Fsp3) is 0.733. The Balaban J connectivity index is 2.73. The van der Waals surface area contributed by atoms with Crippen LogP contribution in [0.3, 0.4) is 0 Å². The Labute approximate surface area is 133 Å². The lowest BCUT2D eigenvalue weighted by Crippen LogP contribution is -2.28. The molecular weight excluding hydrogens is 308 g/mol. The van der Waals surface area contributed by atoms with E-state index in [0.717, 1.165) is 12.8 Å². The molecule has 0 heterocycles. The largest absolute Gasteiger partial charge is 0.481 e. The number of carboxylic acids is 4. The second-order valence-electron chi connectivity index (χ2n) is 6.18. The predicted octanol–water partition coefficient (Wildman–Crippen LogP) is 1.53. The van der Waals surface area contributed by atoms with Gasteiger partial charge in [-0.1, -0.05) is 25.7 Å². The standard InChI is InChI=1S/C15H22O8/c16-12(17)10(13(18)19)6-8-3-1-2-4-9(5-8)7-11(14(20)21)15(22)23/h8-11H,1-7H2,(H,16,17)(H,18,19)(H,20,21)(H,22,23). The number of aliphatic carboxylic acids is 4. The summed E-state index contributed by atoms with van der Waals surface area (Å²) in [6.45, 7) is 0. The van der Waals surface area contributed by atoms with Gasteiger partial charge in [-0.15, -0.1) is 0 Å². The summed E-state index contributed by atoms with van der Waals surface area (Å²) in [5.41, 5.74) is 0. The lowest BCUT2D eigenvalue weighted by molar-refractivity contribution is -0.156. The fourth-order valence-electron chi connectivity index (χ4n) is 3.28. The van der Waals surface area contributed by atoms with E-state index in [1.54, 1.807) is 0 Å². The first-order chi connectivity index (χ1) is 10.7. The third-order valence-corrected chi connectivity index (χ3v) is 4.47. The highest BCUT2D eigenvalue weighted by Gasteiger charge is 2.34. The van der Waals surface area contributed by atoms with Crippen molar-refractivity contribution in [1.29, 1.82) is 0 Å². The molecule has 0 aromatic carbocycles. The first-order valence-electron chi connectivity index (χ1n) is 7.63. The van der Waals surface area contributed by atoms with E-state index in [9.17, 15) is 19.2 Å². The zero-order valence-electron chi connectivity index (χ0n) is 12.7. The fourth-order valence-corrected chi connectivity index (χ4v) is 3.28. The van der Waals surface area contributed by atoms with Gasteiger partial charge in [0.05, 0.1) is 0 Å². The smallest absolute Gasteiger partial charge is 0.317 e. The van der Waals surface area contributed by atoms with Crippen LogP contribution in [0.15, 0.2) is 0 Å². The minimum atomic E-state index is -1.48. The molecule has 0 amide bonds. The molecule has 0 aliphatic heterocycles. The molecule has 0 aromatic rings. The van der Waals surface area contributed by atoms with Crippen LogP contribution in [0.25, 0.3) is 0 Å². The lowest BCUT2D eigenvalue weighted by atomic mass is 9.82. The summed E-state index contributed by atoms with van der Waals surface area (Å²) in [5, 5.41) is 35.9. The molecule has 8 nitrogen and oxygen atoms in total. The monoisotopic (exact) mass is 330 g/mol. The molecule has 1 rings (SSSR count). The minimum Gasteiger partial charge on any atom is -0.481 e. The van der Waals surface area contributed by atoms with Crippen LogP contribution in [0.5, 0.6) is 0 Å². The summed E-state index contributed by atoms with van der Waals surface area (Å²) < 4.78 is 0. The van der Waals surface area contributed by atoms with E-state index in [2.05, 4.69) is 0 Å². The van der Waals surface area contributed by atoms with Gasteiger partial charge in [-0.2, -0.15) is 0 Å². The Hall–Kier alpha value is -2.12. The summed E-state index contributed by atoms with van der Waals surface area (Å²) in [6, 6.07) is 0. The van der Waals surface area contributed by atoms with Crippen molar-refractivity contribution >= 4 is 23.9 Å². The number of hydrogen-bond acceptors (Lipinski definition) is 4. The first-order valence-corrected chi connectivity index (χ1v) is 7.63. The third-order valence-electron chi connectivity index (χ3n) is 4.47.